The van der Waals surface area contributed by atoms with Crippen LogP contribution in [0.25, 0.3) is 0 Å². The topological polar surface area (TPSA) is 64.1 Å². The Bertz CT molecular complexity index is 259. The van der Waals surface area contributed by atoms with Crippen LogP contribution in [-0.4, -0.2) is 27.5 Å². The third-order valence-electron chi connectivity index (χ3n) is 2.23. The van der Waals surface area contributed by atoms with Crippen LogP contribution in [0.4, 0.5) is 0 Å². The van der Waals surface area contributed by atoms with Crippen molar-refractivity contribution >= 4 is 0 Å². The van der Waals surface area contributed by atoms with Crippen LogP contribution in [0.5, 0.6) is 0 Å². The molecule has 4 heteroatoms. The van der Waals surface area contributed by atoms with Gasteiger partial charge in [-0.05, 0) is 19.4 Å². The molecule has 3 N–H and O–H groups in total. The van der Waals surface area contributed by atoms with E-state index in [0.29, 0.717) is 0 Å². The zero-order chi connectivity index (χ0) is 9.84. The minimum atomic E-state index is -0.0984. The number of aliphatic hydroxyl groups excluding tert-OH is 1. The number of hydrogen-bond donors (Lipinski definition) is 2. The van der Waals surface area contributed by atoms with Crippen molar-refractivity contribution in [2.24, 2.45) is 5.73 Å². The van der Waals surface area contributed by atoms with Crippen LogP contribution in [0.2, 0.25) is 0 Å². The second kappa shape index (κ2) is 4.39. The van der Waals surface area contributed by atoms with Crippen LogP contribution in [-0.2, 0) is 0 Å². The highest BCUT2D eigenvalue weighted by Crippen LogP contribution is 2.11. The SMILES string of the molecule is CCC(N)C(CO)n1ccc(C)n1. The zero-order valence-corrected chi connectivity index (χ0v) is 8.14. The van der Waals surface area contributed by atoms with Crippen molar-refractivity contribution in [3.63, 3.8) is 0 Å². The summed E-state index contributed by atoms with van der Waals surface area (Å²) < 4.78 is 1.74. The van der Waals surface area contributed by atoms with Gasteiger partial charge >= 0.3 is 0 Å². The number of nitrogens with two attached hydrogens (primary N) is 1. The van der Waals surface area contributed by atoms with Gasteiger partial charge in [0.1, 0.15) is 0 Å². The van der Waals surface area contributed by atoms with E-state index in [0.717, 1.165) is 12.1 Å². The maximum atomic E-state index is 9.15. The smallest absolute Gasteiger partial charge is 0.0900 e. The fraction of sp³-hybridized carbons (Fsp3) is 0.667. The van der Waals surface area contributed by atoms with E-state index >= 15 is 0 Å². The Morgan fingerprint density at radius 3 is 2.77 bits per heavy atom. The Kier molecular flexibility index (Phi) is 3.45. The van der Waals surface area contributed by atoms with E-state index in [1.165, 1.54) is 0 Å². The fourth-order valence-corrected chi connectivity index (χ4v) is 1.31. The maximum Gasteiger partial charge on any atom is 0.0900 e. The average Bonchev–Trinajstić information content (AvgIpc) is 2.53. The van der Waals surface area contributed by atoms with Crippen molar-refractivity contribution < 1.29 is 5.11 Å². The molecule has 0 spiro atoms. The van der Waals surface area contributed by atoms with Gasteiger partial charge in [0.15, 0.2) is 0 Å². The molecular weight excluding hydrogens is 166 g/mol. The van der Waals surface area contributed by atoms with E-state index in [-0.39, 0.29) is 18.7 Å². The molecule has 0 amide bonds. The van der Waals surface area contributed by atoms with Gasteiger partial charge in [0, 0.05) is 12.2 Å². The fourth-order valence-electron chi connectivity index (χ4n) is 1.31. The molecule has 0 saturated heterocycles. The molecule has 0 bridgehead atoms. The summed E-state index contributed by atoms with van der Waals surface area (Å²) in [6, 6.07) is 1.77. The second-order valence-electron chi connectivity index (χ2n) is 3.26. The van der Waals surface area contributed by atoms with E-state index in [4.69, 9.17) is 10.8 Å². The van der Waals surface area contributed by atoms with Gasteiger partial charge in [-0.2, -0.15) is 5.10 Å². The molecule has 2 atom stereocenters. The van der Waals surface area contributed by atoms with E-state index in [2.05, 4.69) is 5.10 Å². The minimum Gasteiger partial charge on any atom is -0.394 e. The molecule has 1 heterocycles. The first-order valence-electron chi connectivity index (χ1n) is 4.57. The predicted octanol–water partition coefficient (Wildman–Crippen LogP) is 0.462. The molecule has 0 aliphatic carbocycles. The molecule has 1 rings (SSSR count). The lowest BCUT2D eigenvalue weighted by atomic mass is 10.1. The predicted molar refractivity (Wildman–Crippen MR) is 51.4 cm³/mol. The van der Waals surface area contributed by atoms with Crippen LogP contribution in [0, 0.1) is 6.92 Å². The highest BCUT2D eigenvalue weighted by atomic mass is 16.3. The Hall–Kier alpha value is -0.870. The van der Waals surface area contributed by atoms with Crippen LogP contribution in [0.15, 0.2) is 12.3 Å². The molecule has 4 nitrogen and oxygen atoms in total. The molecule has 13 heavy (non-hydrogen) atoms. The maximum absolute atomic E-state index is 9.15. The molecule has 0 radical (unpaired) electrons. The first-order chi connectivity index (χ1) is 6.19. The summed E-state index contributed by atoms with van der Waals surface area (Å²) in [5.74, 6) is 0. The van der Waals surface area contributed by atoms with Crippen molar-refractivity contribution in [3.05, 3.63) is 18.0 Å². The summed E-state index contributed by atoms with van der Waals surface area (Å²) in [5, 5.41) is 13.4. The van der Waals surface area contributed by atoms with E-state index < -0.39 is 0 Å². The van der Waals surface area contributed by atoms with Crippen LogP contribution in [0.3, 0.4) is 0 Å². The Morgan fingerprint density at radius 1 is 1.69 bits per heavy atom. The monoisotopic (exact) mass is 183 g/mol. The van der Waals surface area contributed by atoms with Crippen molar-refractivity contribution in [2.75, 3.05) is 6.61 Å². The minimum absolute atomic E-state index is 0.0377. The lowest BCUT2D eigenvalue weighted by molar-refractivity contribution is 0.194. The molecule has 0 aromatic carbocycles. The van der Waals surface area contributed by atoms with Crippen LogP contribution >= 0.6 is 0 Å². The van der Waals surface area contributed by atoms with E-state index in [1.807, 2.05) is 26.1 Å². The summed E-state index contributed by atoms with van der Waals surface area (Å²) in [6.07, 6.45) is 2.69. The highest BCUT2D eigenvalue weighted by Gasteiger charge is 2.17. The summed E-state index contributed by atoms with van der Waals surface area (Å²) in [4.78, 5) is 0. The second-order valence-corrected chi connectivity index (χ2v) is 3.26. The van der Waals surface area contributed by atoms with Crippen molar-refractivity contribution in [1.29, 1.82) is 0 Å². The Morgan fingerprint density at radius 2 is 2.38 bits per heavy atom. The van der Waals surface area contributed by atoms with Gasteiger partial charge in [-0.3, -0.25) is 4.68 Å². The number of aryl methyl sites for hydroxylation is 1. The number of nitrogens with zero attached hydrogens (tertiary/aromatic N) is 2. The molecular formula is C9H17N3O. The Labute approximate surface area is 78.4 Å². The summed E-state index contributed by atoms with van der Waals surface area (Å²) >= 11 is 0. The molecule has 2 unspecified atom stereocenters. The van der Waals surface area contributed by atoms with Crippen LogP contribution in [0.1, 0.15) is 25.1 Å². The number of aliphatic hydroxyl groups is 1. The van der Waals surface area contributed by atoms with Gasteiger partial charge in [-0.1, -0.05) is 6.92 Å². The zero-order valence-electron chi connectivity index (χ0n) is 8.14. The number of hydrogen-bond acceptors (Lipinski definition) is 3. The third-order valence-corrected chi connectivity index (χ3v) is 2.23. The number of aromatic nitrogens is 2. The molecule has 0 fully saturated rings. The molecule has 0 saturated carbocycles. The van der Waals surface area contributed by atoms with Gasteiger partial charge in [-0.15, -0.1) is 0 Å². The lowest BCUT2D eigenvalue weighted by Gasteiger charge is -2.20. The third kappa shape index (κ3) is 2.29. The van der Waals surface area contributed by atoms with E-state index in [9.17, 15) is 0 Å². The first kappa shape index (κ1) is 10.2. The summed E-state index contributed by atoms with van der Waals surface area (Å²) in [5.41, 5.74) is 6.79. The van der Waals surface area contributed by atoms with Gasteiger partial charge in [0.2, 0.25) is 0 Å². The lowest BCUT2D eigenvalue weighted by Crippen LogP contribution is -2.34. The average molecular weight is 183 g/mol. The van der Waals surface area contributed by atoms with Crippen molar-refractivity contribution in [2.45, 2.75) is 32.4 Å². The van der Waals surface area contributed by atoms with E-state index in [1.54, 1.807) is 4.68 Å². The molecule has 1 aromatic heterocycles. The Balaban J connectivity index is 2.77. The van der Waals surface area contributed by atoms with Crippen molar-refractivity contribution in [3.8, 4) is 0 Å². The molecule has 1 aromatic rings. The van der Waals surface area contributed by atoms with Gasteiger partial charge in [0.25, 0.3) is 0 Å². The molecule has 74 valence electrons. The van der Waals surface area contributed by atoms with Gasteiger partial charge < -0.3 is 10.8 Å². The molecule has 0 aliphatic rings. The normalized spacial score (nSPS) is 15.7. The standard InChI is InChI=1S/C9H17N3O/c1-3-8(10)9(6-13)12-5-4-7(2)11-12/h4-5,8-9,13H,3,6,10H2,1-2H3. The number of rotatable bonds is 4. The van der Waals surface area contributed by atoms with Gasteiger partial charge in [0.05, 0.1) is 18.3 Å². The summed E-state index contributed by atoms with van der Waals surface area (Å²) in [6.45, 7) is 3.96. The van der Waals surface area contributed by atoms with Crippen LogP contribution < -0.4 is 5.73 Å². The highest BCUT2D eigenvalue weighted by molar-refractivity contribution is 4.97. The van der Waals surface area contributed by atoms with Crippen molar-refractivity contribution in [1.82, 2.24) is 9.78 Å². The first-order valence-corrected chi connectivity index (χ1v) is 4.57. The largest absolute Gasteiger partial charge is 0.394 e. The molecule has 0 aliphatic heterocycles. The van der Waals surface area contributed by atoms with Gasteiger partial charge in [-0.25, -0.2) is 0 Å². The quantitative estimate of drug-likeness (QED) is 0.713. The summed E-state index contributed by atoms with van der Waals surface area (Å²) in [7, 11) is 0.